The van der Waals surface area contributed by atoms with E-state index in [4.69, 9.17) is 5.73 Å². The molecule has 1 heterocycles. The Morgan fingerprint density at radius 2 is 1.90 bits per heavy atom. The fourth-order valence-corrected chi connectivity index (χ4v) is 2.36. The van der Waals surface area contributed by atoms with E-state index < -0.39 is 0 Å². The van der Waals surface area contributed by atoms with Crippen LogP contribution in [0.25, 0.3) is 0 Å². The predicted molar refractivity (Wildman–Crippen MR) is 90.4 cm³/mol. The summed E-state index contributed by atoms with van der Waals surface area (Å²) in [5.41, 5.74) is 7.74. The molecule has 0 saturated carbocycles. The Labute approximate surface area is 135 Å². The van der Waals surface area contributed by atoms with Crippen molar-refractivity contribution in [2.45, 2.75) is 26.7 Å². The zero-order valence-corrected chi connectivity index (χ0v) is 14.7. The number of rotatable bonds is 3. The number of anilines is 3. The normalized spacial score (nSPS) is 10.9. The molecule has 2 rings (SSSR count). The van der Waals surface area contributed by atoms with Gasteiger partial charge >= 0.3 is 0 Å². The first-order valence-electron chi connectivity index (χ1n) is 6.24. The molecular formula is C14H16Br2N4. The summed E-state index contributed by atoms with van der Waals surface area (Å²) in [5.74, 6) is 2.21. The number of halogens is 2. The highest BCUT2D eigenvalue weighted by Gasteiger charge is 2.12. The zero-order chi connectivity index (χ0) is 14.9. The van der Waals surface area contributed by atoms with Crippen LogP contribution in [0.2, 0.25) is 0 Å². The van der Waals surface area contributed by atoms with Gasteiger partial charge in [-0.15, -0.1) is 0 Å². The second-order valence-electron chi connectivity index (χ2n) is 4.84. The third kappa shape index (κ3) is 3.30. The van der Waals surface area contributed by atoms with E-state index in [0.717, 1.165) is 31.8 Å². The minimum atomic E-state index is 0.226. The standard InChI is InChI=1S/C14H16Br2N4/c1-7(2)13-19-12(17)8(3)14(20-13)18-11-6-9(15)4-5-10(11)16/h4-7H,1-3H3,(H3,17,18,19,20). The van der Waals surface area contributed by atoms with Crippen molar-refractivity contribution in [1.29, 1.82) is 0 Å². The number of nitrogens with two attached hydrogens (primary N) is 1. The topological polar surface area (TPSA) is 63.8 Å². The van der Waals surface area contributed by atoms with Crippen LogP contribution >= 0.6 is 31.9 Å². The van der Waals surface area contributed by atoms with Crippen LogP contribution in [0.4, 0.5) is 17.3 Å². The van der Waals surface area contributed by atoms with Crippen LogP contribution in [0.5, 0.6) is 0 Å². The van der Waals surface area contributed by atoms with Gasteiger partial charge < -0.3 is 11.1 Å². The minimum Gasteiger partial charge on any atom is -0.383 e. The number of nitrogen functional groups attached to an aromatic ring is 1. The lowest BCUT2D eigenvalue weighted by molar-refractivity contribution is 0.776. The van der Waals surface area contributed by atoms with Crippen LogP contribution in [0.15, 0.2) is 27.1 Å². The predicted octanol–water partition coefficient (Wildman–Crippen LogP) is 4.76. The molecule has 0 radical (unpaired) electrons. The van der Waals surface area contributed by atoms with E-state index in [0.29, 0.717) is 5.82 Å². The van der Waals surface area contributed by atoms with Gasteiger partial charge in [-0.1, -0.05) is 29.8 Å². The van der Waals surface area contributed by atoms with Gasteiger partial charge in [0.2, 0.25) is 0 Å². The fourth-order valence-electron chi connectivity index (χ4n) is 1.65. The lowest BCUT2D eigenvalue weighted by Gasteiger charge is -2.14. The molecule has 0 aliphatic carbocycles. The Hall–Kier alpha value is -1.14. The van der Waals surface area contributed by atoms with Gasteiger partial charge in [0.15, 0.2) is 0 Å². The van der Waals surface area contributed by atoms with E-state index in [-0.39, 0.29) is 5.92 Å². The zero-order valence-electron chi connectivity index (χ0n) is 11.5. The molecule has 6 heteroatoms. The molecule has 2 aromatic rings. The van der Waals surface area contributed by atoms with E-state index in [1.54, 1.807) is 0 Å². The van der Waals surface area contributed by atoms with E-state index in [1.807, 2.05) is 39.0 Å². The van der Waals surface area contributed by atoms with Gasteiger partial charge in [0.1, 0.15) is 17.5 Å². The van der Waals surface area contributed by atoms with Crippen LogP contribution < -0.4 is 11.1 Å². The van der Waals surface area contributed by atoms with Crippen molar-refractivity contribution in [3.05, 3.63) is 38.5 Å². The molecule has 0 atom stereocenters. The number of nitrogens with zero attached hydrogens (tertiary/aromatic N) is 2. The van der Waals surface area contributed by atoms with Gasteiger partial charge in [-0.2, -0.15) is 0 Å². The van der Waals surface area contributed by atoms with Crippen molar-refractivity contribution in [3.63, 3.8) is 0 Å². The Kier molecular flexibility index (Phi) is 4.65. The molecule has 4 nitrogen and oxygen atoms in total. The van der Waals surface area contributed by atoms with Crippen molar-refractivity contribution in [2.75, 3.05) is 11.1 Å². The summed E-state index contributed by atoms with van der Waals surface area (Å²) in [7, 11) is 0. The summed E-state index contributed by atoms with van der Waals surface area (Å²) in [4.78, 5) is 8.88. The molecular weight excluding hydrogens is 384 g/mol. The number of aromatic nitrogens is 2. The van der Waals surface area contributed by atoms with E-state index in [9.17, 15) is 0 Å². The largest absolute Gasteiger partial charge is 0.383 e. The summed E-state index contributed by atoms with van der Waals surface area (Å²) >= 11 is 6.98. The minimum absolute atomic E-state index is 0.226. The molecule has 3 N–H and O–H groups in total. The van der Waals surface area contributed by atoms with Crippen LogP contribution in [0.3, 0.4) is 0 Å². The second-order valence-corrected chi connectivity index (χ2v) is 6.61. The molecule has 0 aliphatic rings. The van der Waals surface area contributed by atoms with Gasteiger partial charge in [0.25, 0.3) is 0 Å². The average Bonchev–Trinajstić information content (AvgIpc) is 2.38. The molecule has 20 heavy (non-hydrogen) atoms. The molecule has 0 unspecified atom stereocenters. The first kappa shape index (κ1) is 15.3. The summed E-state index contributed by atoms with van der Waals surface area (Å²) in [6.07, 6.45) is 0. The van der Waals surface area contributed by atoms with Gasteiger partial charge in [-0.25, -0.2) is 9.97 Å². The lowest BCUT2D eigenvalue weighted by Crippen LogP contribution is -2.08. The summed E-state index contributed by atoms with van der Waals surface area (Å²) in [5, 5.41) is 3.31. The van der Waals surface area contributed by atoms with Crippen molar-refractivity contribution < 1.29 is 0 Å². The first-order chi connectivity index (χ1) is 9.38. The van der Waals surface area contributed by atoms with Gasteiger partial charge in [0, 0.05) is 20.4 Å². The smallest absolute Gasteiger partial charge is 0.139 e. The van der Waals surface area contributed by atoms with Crippen molar-refractivity contribution in [3.8, 4) is 0 Å². The maximum absolute atomic E-state index is 5.97. The Morgan fingerprint density at radius 3 is 2.55 bits per heavy atom. The highest BCUT2D eigenvalue weighted by Crippen LogP contribution is 2.30. The van der Waals surface area contributed by atoms with E-state index in [1.165, 1.54) is 0 Å². The third-order valence-corrected chi connectivity index (χ3v) is 4.08. The monoisotopic (exact) mass is 398 g/mol. The molecule has 0 bridgehead atoms. The van der Waals surface area contributed by atoms with Crippen molar-refractivity contribution >= 4 is 49.2 Å². The van der Waals surface area contributed by atoms with Crippen molar-refractivity contribution in [2.24, 2.45) is 0 Å². The molecule has 106 valence electrons. The quantitative estimate of drug-likeness (QED) is 0.780. The highest BCUT2D eigenvalue weighted by atomic mass is 79.9. The maximum atomic E-state index is 5.97. The first-order valence-corrected chi connectivity index (χ1v) is 7.83. The lowest BCUT2D eigenvalue weighted by atomic mass is 10.2. The molecule has 1 aromatic carbocycles. The van der Waals surface area contributed by atoms with E-state index >= 15 is 0 Å². The van der Waals surface area contributed by atoms with E-state index in [2.05, 4.69) is 47.1 Å². The van der Waals surface area contributed by atoms with Crippen LogP contribution in [0, 0.1) is 6.92 Å². The molecule has 0 fully saturated rings. The number of nitrogens with one attached hydrogen (secondary N) is 1. The summed E-state index contributed by atoms with van der Waals surface area (Å²) in [6, 6.07) is 5.92. The Bertz CT molecular complexity index is 641. The van der Waals surface area contributed by atoms with Crippen LogP contribution in [-0.4, -0.2) is 9.97 Å². The molecule has 0 saturated heterocycles. The van der Waals surface area contributed by atoms with Gasteiger partial charge in [-0.3, -0.25) is 0 Å². The maximum Gasteiger partial charge on any atom is 0.139 e. The van der Waals surface area contributed by atoms with Gasteiger partial charge in [0.05, 0.1) is 5.69 Å². The van der Waals surface area contributed by atoms with Gasteiger partial charge in [-0.05, 0) is 41.1 Å². The highest BCUT2D eigenvalue weighted by molar-refractivity contribution is 9.11. The number of benzene rings is 1. The summed E-state index contributed by atoms with van der Waals surface area (Å²) < 4.78 is 1.95. The van der Waals surface area contributed by atoms with Crippen molar-refractivity contribution in [1.82, 2.24) is 9.97 Å². The molecule has 0 spiro atoms. The average molecular weight is 400 g/mol. The molecule has 0 aliphatic heterocycles. The fraction of sp³-hybridized carbons (Fsp3) is 0.286. The number of hydrogen-bond acceptors (Lipinski definition) is 4. The summed E-state index contributed by atoms with van der Waals surface area (Å²) in [6.45, 7) is 6.00. The SMILES string of the molecule is Cc1c(N)nc(C(C)C)nc1Nc1cc(Br)ccc1Br. The van der Waals surface area contributed by atoms with Crippen LogP contribution in [-0.2, 0) is 0 Å². The second kappa shape index (κ2) is 6.10. The molecule has 1 aromatic heterocycles. The Morgan fingerprint density at radius 1 is 1.20 bits per heavy atom. The Balaban J connectivity index is 2.45. The number of hydrogen-bond donors (Lipinski definition) is 2. The van der Waals surface area contributed by atoms with Crippen LogP contribution in [0.1, 0.15) is 31.2 Å². The third-order valence-electron chi connectivity index (χ3n) is 2.90. The molecule has 0 amide bonds.